The Bertz CT molecular complexity index is 845. The summed E-state index contributed by atoms with van der Waals surface area (Å²) in [5.74, 6) is -1.83. The smallest absolute Gasteiger partial charge is 0.414 e. The Morgan fingerprint density at radius 3 is 1.93 bits per heavy atom. The third-order valence-electron chi connectivity index (χ3n) is 5.07. The number of piperidine rings is 1. The molecule has 1 aliphatic heterocycles. The first-order valence-electron chi connectivity index (χ1n) is 9.24. The average molecular weight is 399 g/mol. The number of carbonyl (C=O) groups is 3. The Morgan fingerprint density at radius 1 is 0.897 bits per heavy atom. The molecule has 0 saturated carbocycles. The molecule has 1 aliphatic rings. The molecule has 0 unspecified atom stereocenters. The maximum atomic E-state index is 12.6. The molecule has 3 rings (SSSR count). The summed E-state index contributed by atoms with van der Waals surface area (Å²) in [6, 6.07) is 17.7. The van der Waals surface area contributed by atoms with E-state index >= 15 is 0 Å². The number of para-hydroxylation sites is 2. The van der Waals surface area contributed by atoms with Crippen LogP contribution >= 0.6 is 0 Å². The number of carbonyl (C=O) groups excluding carboxylic acids is 1. The normalized spacial score (nSPS) is 15.5. The van der Waals surface area contributed by atoms with E-state index in [4.69, 9.17) is 24.5 Å². The number of hydrogen-bond acceptors (Lipinski definition) is 5. The first-order valence-corrected chi connectivity index (χ1v) is 9.24. The Kier molecular flexibility index (Phi) is 7.50. The minimum absolute atomic E-state index is 0.231. The van der Waals surface area contributed by atoms with Crippen molar-refractivity contribution in [3.63, 3.8) is 0 Å². The highest BCUT2D eigenvalue weighted by Gasteiger charge is 2.41. The molecule has 2 N–H and O–H groups in total. The number of carboxylic acids is 2. The zero-order chi connectivity index (χ0) is 21.4. The number of carboxylic acid groups (broad SMARTS) is 2. The fraction of sp³-hybridized carbons (Fsp3) is 0.318. The highest BCUT2D eigenvalue weighted by atomic mass is 16.5. The Hall–Kier alpha value is -3.19. The van der Waals surface area contributed by atoms with Gasteiger partial charge in [0.05, 0.1) is 5.41 Å². The number of nitrogens with zero attached hydrogens (tertiary/aromatic N) is 1. The zero-order valence-corrected chi connectivity index (χ0v) is 16.5. The van der Waals surface area contributed by atoms with Crippen molar-refractivity contribution in [3.8, 4) is 11.5 Å². The summed E-state index contributed by atoms with van der Waals surface area (Å²) in [5.41, 5.74) is 0.585. The summed E-state index contributed by atoms with van der Waals surface area (Å²) in [6.45, 7) is 3.57. The SMILES string of the molecule is CC(=O)C1(c2ccccc2Oc2ccccc2)CCN(C)CC1.O=C(O)C(=O)O. The van der Waals surface area contributed by atoms with Gasteiger partial charge in [0.25, 0.3) is 0 Å². The van der Waals surface area contributed by atoms with E-state index in [1.54, 1.807) is 6.92 Å². The lowest BCUT2D eigenvalue weighted by atomic mass is 9.70. The van der Waals surface area contributed by atoms with Crippen LogP contribution in [0, 0.1) is 0 Å². The van der Waals surface area contributed by atoms with E-state index in [1.807, 2.05) is 54.6 Å². The second kappa shape index (κ2) is 9.84. The van der Waals surface area contributed by atoms with Crippen LogP contribution in [-0.4, -0.2) is 53.0 Å². The van der Waals surface area contributed by atoms with Crippen molar-refractivity contribution in [3.05, 3.63) is 60.2 Å². The number of rotatable bonds is 4. The molecule has 1 fully saturated rings. The van der Waals surface area contributed by atoms with Gasteiger partial charge < -0.3 is 19.8 Å². The molecule has 2 aromatic carbocycles. The predicted molar refractivity (Wildman–Crippen MR) is 107 cm³/mol. The van der Waals surface area contributed by atoms with Crippen molar-refractivity contribution < 1.29 is 29.3 Å². The first-order chi connectivity index (χ1) is 13.8. The van der Waals surface area contributed by atoms with Gasteiger partial charge in [0, 0.05) is 5.56 Å². The fourth-order valence-electron chi connectivity index (χ4n) is 3.38. The van der Waals surface area contributed by atoms with Crippen LogP contribution in [0.1, 0.15) is 25.3 Å². The van der Waals surface area contributed by atoms with E-state index < -0.39 is 17.4 Å². The van der Waals surface area contributed by atoms with Crippen molar-refractivity contribution in [2.75, 3.05) is 20.1 Å². The lowest BCUT2D eigenvalue weighted by molar-refractivity contribution is -0.159. The topological polar surface area (TPSA) is 104 Å². The minimum Gasteiger partial charge on any atom is -0.473 e. The molecule has 1 saturated heterocycles. The monoisotopic (exact) mass is 399 g/mol. The number of ketones is 1. The van der Waals surface area contributed by atoms with E-state index in [-0.39, 0.29) is 5.78 Å². The number of Topliss-reactive ketones (excluding diaryl/α,β-unsaturated/α-hetero) is 1. The van der Waals surface area contributed by atoms with Gasteiger partial charge in [-0.25, -0.2) is 9.59 Å². The van der Waals surface area contributed by atoms with E-state index in [9.17, 15) is 4.79 Å². The largest absolute Gasteiger partial charge is 0.473 e. The third kappa shape index (κ3) is 5.65. The van der Waals surface area contributed by atoms with Crippen molar-refractivity contribution >= 4 is 17.7 Å². The van der Waals surface area contributed by atoms with Crippen LogP contribution in [0.5, 0.6) is 11.5 Å². The zero-order valence-electron chi connectivity index (χ0n) is 16.5. The van der Waals surface area contributed by atoms with Crippen LogP contribution < -0.4 is 4.74 Å². The summed E-state index contributed by atoms with van der Waals surface area (Å²) in [4.78, 5) is 33.0. The van der Waals surface area contributed by atoms with E-state index in [1.165, 1.54) is 0 Å². The maximum absolute atomic E-state index is 12.6. The van der Waals surface area contributed by atoms with Gasteiger partial charge in [0.1, 0.15) is 17.3 Å². The van der Waals surface area contributed by atoms with Gasteiger partial charge in [-0.15, -0.1) is 0 Å². The molecular formula is C22H25NO6. The molecule has 29 heavy (non-hydrogen) atoms. The van der Waals surface area contributed by atoms with Crippen LogP contribution in [0.2, 0.25) is 0 Å². The van der Waals surface area contributed by atoms with Gasteiger partial charge >= 0.3 is 11.9 Å². The predicted octanol–water partition coefficient (Wildman–Crippen LogP) is 3.19. The molecule has 7 heteroatoms. The molecule has 0 atom stereocenters. The van der Waals surface area contributed by atoms with Gasteiger partial charge in [0.15, 0.2) is 0 Å². The van der Waals surface area contributed by atoms with Crippen LogP contribution in [-0.2, 0) is 19.8 Å². The summed E-state index contributed by atoms with van der Waals surface area (Å²) in [7, 11) is 2.11. The number of likely N-dealkylation sites (tertiary alicyclic amines) is 1. The number of ether oxygens (including phenoxy) is 1. The lowest BCUT2D eigenvalue weighted by Gasteiger charge is -2.39. The van der Waals surface area contributed by atoms with Gasteiger partial charge in [-0.05, 0) is 58.1 Å². The van der Waals surface area contributed by atoms with Crippen molar-refractivity contribution in [2.45, 2.75) is 25.2 Å². The van der Waals surface area contributed by atoms with E-state index in [2.05, 4.69) is 11.9 Å². The molecular weight excluding hydrogens is 374 g/mol. The third-order valence-corrected chi connectivity index (χ3v) is 5.07. The second-order valence-corrected chi connectivity index (χ2v) is 6.96. The van der Waals surface area contributed by atoms with Gasteiger partial charge in [-0.3, -0.25) is 4.79 Å². The fourth-order valence-corrected chi connectivity index (χ4v) is 3.38. The molecule has 1 heterocycles. The Morgan fingerprint density at radius 2 is 1.41 bits per heavy atom. The molecule has 0 amide bonds. The molecule has 0 spiro atoms. The van der Waals surface area contributed by atoms with Crippen molar-refractivity contribution in [1.82, 2.24) is 4.90 Å². The molecule has 2 aromatic rings. The average Bonchev–Trinajstić information content (AvgIpc) is 2.70. The molecule has 0 aliphatic carbocycles. The summed E-state index contributed by atoms with van der Waals surface area (Å²) in [6.07, 6.45) is 1.68. The van der Waals surface area contributed by atoms with E-state index in [0.29, 0.717) is 0 Å². The van der Waals surface area contributed by atoms with Crippen molar-refractivity contribution in [1.29, 1.82) is 0 Å². The minimum atomic E-state index is -1.82. The van der Waals surface area contributed by atoms with Crippen molar-refractivity contribution in [2.24, 2.45) is 0 Å². The number of aliphatic carboxylic acids is 2. The quantitative estimate of drug-likeness (QED) is 0.761. The van der Waals surface area contributed by atoms with Crippen LogP contribution in [0.4, 0.5) is 0 Å². The molecule has 7 nitrogen and oxygen atoms in total. The number of hydrogen-bond donors (Lipinski definition) is 2. The highest BCUT2D eigenvalue weighted by molar-refractivity contribution is 6.27. The highest BCUT2D eigenvalue weighted by Crippen LogP contribution is 2.42. The van der Waals surface area contributed by atoms with Crippen LogP contribution in [0.15, 0.2) is 54.6 Å². The van der Waals surface area contributed by atoms with Crippen LogP contribution in [0.3, 0.4) is 0 Å². The van der Waals surface area contributed by atoms with Crippen LogP contribution in [0.25, 0.3) is 0 Å². The first kappa shape index (κ1) is 22.1. The molecule has 0 bridgehead atoms. The lowest BCUT2D eigenvalue weighted by Crippen LogP contribution is -2.45. The molecule has 0 aromatic heterocycles. The number of benzene rings is 2. The van der Waals surface area contributed by atoms with Gasteiger partial charge in [-0.2, -0.15) is 0 Å². The van der Waals surface area contributed by atoms with Gasteiger partial charge in [0.2, 0.25) is 0 Å². The maximum Gasteiger partial charge on any atom is 0.414 e. The molecule has 154 valence electrons. The summed E-state index contributed by atoms with van der Waals surface area (Å²) >= 11 is 0. The second-order valence-electron chi connectivity index (χ2n) is 6.96. The molecule has 0 radical (unpaired) electrons. The van der Waals surface area contributed by atoms with E-state index in [0.717, 1.165) is 43.0 Å². The van der Waals surface area contributed by atoms with Gasteiger partial charge in [-0.1, -0.05) is 36.4 Å². The summed E-state index contributed by atoms with van der Waals surface area (Å²) in [5, 5.41) is 14.8. The Balaban J connectivity index is 0.000000438. The summed E-state index contributed by atoms with van der Waals surface area (Å²) < 4.78 is 6.10. The standard InChI is InChI=1S/C20H23NO2.C2H2O4/c1-16(22)20(12-14-21(2)15-13-20)18-10-6-7-11-19(18)23-17-8-4-3-5-9-17;3-1(4)2(5)6/h3-11H,12-15H2,1-2H3;(H,3,4)(H,5,6). The Labute approximate surface area is 169 Å².